The maximum absolute atomic E-state index is 13.1. The second kappa shape index (κ2) is 7.88. The van der Waals surface area contributed by atoms with E-state index >= 15 is 0 Å². The number of nitriles is 1. The van der Waals surface area contributed by atoms with Crippen molar-refractivity contribution in [1.82, 2.24) is 4.31 Å². The van der Waals surface area contributed by atoms with Crippen molar-refractivity contribution < 1.29 is 13.3 Å². The highest BCUT2D eigenvalue weighted by Crippen LogP contribution is 2.28. The summed E-state index contributed by atoms with van der Waals surface area (Å²) in [4.78, 5) is 1.92. The summed E-state index contributed by atoms with van der Waals surface area (Å²) in [6, 6.07) is 17.8. The lowest BCUT2D eigenvalue weighted by Gasteiger charge is -2.32. The Kier molecular flexibility index (Phi) is 5.31. The van der Waals surface area contributed by atoms with Gasteiger partial charge in [-0.25, -0.2) is 8.42 Å². The van der Waals surface area contributed by atoms with Gasteiger partial charge in [0.15, 0.2) is 0 Å². The van der Waals surface area contributed by atoms with E-state index in [1.807, 2.05) is 48.5 Å². The Morgan fingerprint density at radius 2 is 1.71 bits per heavy atom. The number of allylic oxidation sites excluding steroid dienone is 1. The first-order valence-electron chi connectivity index (χ1n) is 9.67. The molecule has 0 aromatic heterocycles. The quantitative estimate of drug-likeness (QED) is 0.856. The molecule has 28 heavy (non-hydrogen) atoms. The molecule has 0 spiro atoms. The van der Waals surface area contributed by atoms with Crippen LogP contribution in [-0.4, -0.2) is 38.9 Å². The van der Waals surface area contributed by atoms with Gasteiger partial charge in [-0.3, -0.25) is 0 Å². The van der Waals surface area contributed by atoms with Crippen LogP contribution in [-0.2, 0) is 23.0 Å². The third-order valence-corrected chi connectivity index (χ3v) is 7.68. The van der Waals surface area contributed by atoms with Crippen LogP contribution >= 0.6 is 0 Å². The van der Waals surface area contributed by atoms with Crippen molar-refractivity contribution in [2.75, 3.05) is 26.2 Å². The molecule has 0 amide bonds. The van der Waals surface area contributed by atoms with Crippen molar-refractivity contribution >= 4 is 16.1 Å². The Labute approximate surface area is 166 Å². The van der Waals surface area contributed by atoms with E-state index in [4.69, 9.17) is 5.26 Å². The van der Waals surface area contributed by atoms with Gasteiger partial charge in [0.05, 0.1) is 42.7 Å². The van der Waals surface area contributed by atoms with E-state index < -0.39 is 10.0 Å². The molecule has 6 heteroatoms. The predicted molar refractivity (Wildman–Crippen MR) is 109 cm³/mol. The van der Waals surface area contributed by atoms with E-state index in [0.29, 0.717) is 30.0 Å². The lowest BCUT2D eigenvalue weighted by atomic mass is 9.98. The molecule has 2 aromatic carbocycles. The fourth-order valence-corrected chi connectivity index (χ4v) is 5.61. The smallest absolute Gasteiger partial charge is 0.239 e. The van der Waals surface area contributed by atoms with Crippen LogP contribution in [0.4, 0.5) is 0 Å². The Morgan fingerprint density at radius 3 is 2.43 bits per heavy atom. The van der Waals surface area contributed by atoms with Gasteiger partial charge >= 0.3 is 0 Å². The summed E-state index contributed by atoms with van der Waals surface area (Å²) in [6.07, 6.45) is 3.22. The summed E-state index contributed by atoms with van der Waals surface area (Å²) < 4.78 is 27.9. The number of sulfonamides is 1. The number of hydrogen-bond acceptors (Lipinski definition) is 3. The first-order chi connectivity index (χ1) is 13.6. The summed E-state index contributed by atoms with van der Waals surface area (Å²) >= 11 is 0. The number of fused-ring (bicyclic) bond motifs is 1. The topological polar surface area (TPSA) is 65.6 Å². The zero-order valence-corrected chi connectivity index (χ0v) is 16.6. The number of quaternary nitrogens is 1. The predicted octanol–water partition coefficient (Wildman–Crippen LogP) is 1.58. The van der Waals surface area contributed by atoms with Crippen molar-refractivity contribution in [3.05, 3.63) is 75.7 Å². The summed E-state index contributed by atoms with van der Waals surface area (Å²) in [5, 5.41) is 8.89. The van der Waals surface area contributed by atoms with E-state index in [2.05, 4.69) is 12.1 Å². The monoisotopic (exact) mass is 394 g/mol. The van der Waals surface area contributed by atoms with Gasteiger partial charge in [0.1, 0.15) is 6.54 Å². The molecule has 4 rings (SSSR count). The largest absolute Gasteiger partial charge is 0.329 e. The number of nitrogens with zero attached hydrogens (tertiary/aromatic N) is 2. The molecule has 0 atom stereocenters. The van der Waals surface area contributed by atoms with Gasteiger partial charge in [-0.2, -0.15) is 9.57 Å². The van der Waals surface area contributed by atoms with Gasteiger partial charge in [-0.15, -0.1) is 0 Å². The molecule has 1 heterocycles. The van der Waals surface area contributed by atoms with Crippen LogP contribution < -0.4 is 4.90 Å². The highest BCUT2D eigenvalue weighted by atomic mass is 32.2. The van der Waals surface area contributed by atoms with Gasteiger partial charge in [0.25, 0.3) is 0 Å². The normalized spacial score (nSPS) is 18.2. The Balaban J connectivity index is 1.40. The molecule has 2 aromatic rings. The van der Waals surface area contributed by atoms with E-state index in [1.54, 1.807) is 4.31 Å². The molecule has 5 nitrogen and oxygen atoms in total. The lowest BCUT2D eigenvalue weighted by Crippen LogP contribution is -3.13. The number of benzene rings is 2. The molecular formula is C22H24N3O2S+. The van der Waals surface area contributed by atoms with E-state index in [-0.39, 0.29) is 0 Å². The SMILES string of the molecule is N#Cc1ccc(C[NH+]2CCN(S(=O)(=O)C3=Cc4ccccc4CC3)CC2)cc1. The minimum absolute atomic E-state index is 0.543. The Bertz CT molecular complexity index is 1030. The highest BCUT2D eigenvalue weighted by molar-refractivity contribution is 7.93. The molecule has 1 saturated heterocycles. The van der Waals surface area contributed by atoms with E-state index in [9.17, 15) is 8.42 Å². The Hall–Kier alpha value is -2.46. The van der Waals surface area contributed by atoms with Crippen molar-refractivity contribution in [3.8, 4) is 6.07 Å². The fourth-order valence-electron chi connectivity index (χ4n) is 3.98. The maximum Gasteiger partial charge on any atom is 0.239 e. The minimum atomic E-state index is -3.39. The first-order valence-corrected chi connectivity index (χ1v) is 11.1. The Morgan fingerprint density at radius 1 is 1.00 bits per heavy atom. The summed E-state index contributed by atoms with van der Waals surface area (Å²) in [6.45, 7) is 3.54. The third-order valence-electron chi connectivity index (χ3n) is 5.65. The molecule has 1 aliphatic carbocycles. The number of hydrogen-bond donors (Lipinski definition) is 1. The standard InChI is InChI=1S/C22H23N3O2S/c23-16-18-5-7-19(8-6-18)17-24-11-13-25(14-12-24)28(26,27)22-10-9-20-3-1-2-4-21(20)15-22/h1-8,15H,9-14,17H2/p+1. The van der Waals surface area contributed by atoms with Crippen LogP contribution in [0.5, 0.6) is 0 Å². The fraction of sp³-hybridized carbons (Fsp3) is 0.318. The molecule has 1 aliphatic heterocycles. The van der Waals surface area contributed by atoms with E-state index in [0.717, 1.165) is 31.6 Å². The van der Waals surface area contributed by atoms with Crippen LogP contribution in [0.1, 0.15) is 28.7 Å². The van der Waals surface area contributed by atoms with Gasteiger partial charge in [0.2, 0.25) is 10.0 Å². The third kappa shape index (κ3) is 3.88. The van der Waals surface area contributed by atoms with Crippen LogP contribution in [0, 0.1) is 11.3 Å². The van der Waals surface area contributed by atoms with Gasteiger partial charge in [0, 0.05) is 5.56 Å². The molecule has 1 fully saturated rings. The zero-order valence-electron chi connectivity index (χ0n) is 15.8. The first kappa shape index (κ1) is 18.9. The average molecular weight is 395 g/mol. The second-order valence-corrected chi connectivity index (χ2v) is 9.44. The van der Waals surface area contributed by atoms with Crippen LogP contribution in [0.15, 0.2) is 53.4 Å². The van der Waals surface area contributed by atoms with Crippen molar-refractivity contribution in [1.29, 1.82) is 5.26 Å². The zero-order chi connectivity index (χ0) is 19.6. The van der Waals surface area contributed by atoms with Gasteiger partial charge < -0.3 is 4.90 Å². The van der Waals surface area contributed by atoms with E-state index in [1.165, 1.54) is 16.0 Å². The minimum Gasteiger partial charge on any atom is -0.329 e. The lowest BCUT2D eigenvalue weighted by molar-refractivity contribution is -0.917. The number of nitrogens with one attached hydrogen (secondary N) is 1. The van der Waals surface area contributed by atoms with Crippen LogP contribution in [0.3, 0.4) is 0 Å². The summed E-state index contributed by atoms with van der Waals surface area (Å²) in [7, 11) is -3.39. The molecule has 0 bridgehead atoms. The average Bonchev–Trinajstić information content (AvgIpc) is 2.74. The molecule has 144 valence electrons. The molecular weight excluding hydrogens is 370 g/mol. The van der Waals surface area contributed by atoms with Crippen molar-refractivity contribution in [2.45, 2.75) is 19.4 Å². The summed E-state index contributed by atoms with van der Waals surface area (Å²) in [5.74, 6) is 0. The molecule has 0 unspecified atom stereocenters. The summed E-state index contributed by atoms with van der Waals surface area (Å²) in [5.41, 5.74) is 4.09. The van der Waals surface area contributed by atoms with Crippen molar-refractivity contribution in [2.24, 2.45) is 0 Å². The molecule has 2 aliphatic rings. The number of aryl methyl sites for hydroxylation is 1. The van der Waals surface area contributed by atoms with Crippen LogP contribution in [0.25, 0.3) is 6.08 Å². The highest BCUT2D eigenvalue weighted by Gasteiger charge is 2.32. The van der Waals surface area contributed by atoms with Gasteiger partial charge in [-0.1, -0.05) is 36.4 Å². The number of rotatable bonds is 4. The van der Waals surface area contributed by atoms with Crippen molar-refractivity contribution in [3.63, 3.8) is 0 Å². The molecule has 0 radical (unpaired) electrons. The second-order valence-electron chi connectivity index (χ2n) is 7.45. The van der Waals surface area contributed by atoms with Gasteiger partial charge in [-0.05, 0) is 42.2 Å². The number of piperazine rings is 1. The van der Waals surface area contributed by atoms with Crippen LogP contribution in [0.2, 0.25) is 0 Å². The maximum atomic E-state index is 13.1. The molecule has 0 saturated carbocycles. The molecule has 1 N–H and O–H groups in total.